The van der Waals surface area contributed by atoms with Gasteiger partial charge in [-0.25, -0.2) is 4.79 Å². The van der Waals surface area contributed by atoms with Gasteiger partial charge in [0.1, 0.15) is 0 Å². The molecule has 2 atom stereocenters. The van der Waals surface area contributed by atoms with Gasteiger partial charge in [0.2, 0.25) is 5.91 Å². The van der Waals surface area contributed by atoms with Gasteiger partial charge < -0.3 is 15.2 Å². The zero-order chi connectivity index (χ0) is 15.2. The number of amides is 1. The van der Waals surface area contributed by atoms with E-state index < -0.39 is 5.97 Å². The van der Waals surface area contributed by atoms with Crippen LogP contribution in [-0.4, -0.2) is 36.2 Å². The van der Waals surface area contributed by atoms with E-state index in [9.17, 15) is 9.59 Å². The van der Waals surface area contributed by atoms with Crippen molar-refractivity contribution in [2.24, 2.45) is 5.92 Å². The summed E-state index contributed by atoms with van der Waals surface area (Å²) in [6.07, 6.45) is 2.25. The minimum atomic E-state index is -1.00. The second-order valence-corrected chi connectivity index (χ2v) is 5.51. The number of carbonyl (C=O) groups is 2. The summed E-state index contributed by atoms with van der Waals surface area (Å²) in [7, 11) is 0. The summed E-state index contributed by atoms with van der Waals surface area (Å²) in [6, 6.07) is 6.61. The molecule has 114 valence electrons. The number of carboxylic acids is 1. The molecule has 1 aromatic rings. The highest BCUT2D eigenvalue weighted by atomic mass is 16.5. The quantitative estimate of drug-likeness (QED) is 0.868. The number of aromatic carboxylic acids is 1. The molecular weight excluding hydrogens is 270 g/mol. The molecule has 21 heavy (non-hydrogen) atoms. The first-order valence-electron chi connectivity index (χ1n) is 7.25. The topological polar surface area (TPSA) is 75.6 Å². The first kappa shape index (κ1) is 15.5. The molecule has 2 rings (SSSR count). The number of carbonyl (C=O) groups excluding carboxylic acids is 1. The van der Waals surface area contributed by atoms with E-state index in [0.717, 1.165) is 19.4 Å². The van der Waals surface area contributed by atoms with Gasteiger partial charge in [0, 0.05) is 13.2 Å². The van der Waals surface area contributed by atoms with E-state index in [4.69, 9.17) is 9.84 Å². The smallest absolute Gasteiger partial charge is 0.335 e. The fourth-order valence-electron chi connectivity index (χ4n) is 2.65. The Kier molecular flexibility index (Phi) is 5.33. The maximum absolute atomic E-state index is 12.0. The van der Waals surface area contributed by atoms with Crippen LogP contribution in [0.4, 0.5) is 0 Å². The summed E-state index contributed by atoms with van der Waals surface area (Å²) in [4.78, 5) is 23.1. The molecule has 0 saturated carbocycles. The van der Waals surface area contributed by atoms with Gasteiger partial charge in [0.25, 0.3) is 0 Å². The zero-order valence-corrected chi connectivity index (χ0v) is 12.2. The van der Waals surface area contributed by atoms with Crippen molar-refractivity contribution in [3.63, 3.8) is 0 Å². The SMILES string of the molecule is CC1CC(CNC(=O)Cc2ccccc2C(=O)O)CCO1. The van der Waals surface area contributed by atoms with Crippen LogP contribution in [0, 0.1) is 5.92 Å². The Bertz CT molecular complexity index is 515. The van der Waals surface area contributed by atoms with E-state index >= 15 is 0 Å². The van der Waals surface area contributed by atoms with Crippen molar-refractivity contribution in [2.45, 2.75) is 32.3 Å². The highest BCUT2D eigenvalue weighted by Crippen LogP contribution is 2.19. The molecule has 2 N–H and O–H groups in total. The van der Waals surface area contributed by atoms with Gasteiger partial charge in [-0.15, -0.1) is 0 Å². The van der Waals surface area contributed by atoms with Crippen LogP contribution < -0.4 is 5.32 Å². The largest absolute Gasteiger partial charge is 0.478 e. The van der Waals surface area contributed by atoms with Crippen molar-refractivity contribution in [3.05, 3.63) is 35.4 Å². The summed E-state index contributed by atoms with van der Waals surface area (Å²) < 4.78 is 5.47. The van der Waals surface area contributed by atoms with Crippen molar-refractivity contribution in [2.75, 3.05) is 13.2 Å². The van der Waals surface area contributed by atoms with Crippen molar-refractivity contribution in [1.29, 1.82) is 0 Å². The lowest BCUT2D eigenvalue weighted by atomic mass is 9.96. The van der Waals surface area contributed by atoms with Crippen molar-refractivity contribution in [1.82, 2.24) is 5.32 Å². The van der Waals surface area contributed by atoms with Gasteiger partial charge in [-0.1, -0.05) is 18.2 Å². The summed E-state index contributed by atoms with van der Waals surface area (Å²) in [6.45, 7) is 3.41. The number of carboxylic acid groups (broad SMARTS) is 1. The molecule has 5 nitrogen and oxygen atoms in total. The molecule has 1 aliphatic rings. The number of nitrogens with one attached hydrogen (secondary N) is 1. The third kappa shape index (κ3) is 4.56. The molecule has 1 fully saturated rings. The maximum atomic E-state index is 12.0. The minimum Gasteiger partial charge on any atom is -0.478 e. The van der Waals surface area contributed by atoms with E-state index in [-0.39, 0.29) is 24.0 Å². The number of rotatable bonds is 5. The normalized spacial score (nSPS) is 21.8. The molecule has 1 heterocycles. The Morgan fingerprint density at radius 1 is 1.38 bits per heavy atom. The molecule has 1 aliphatic heterocycles. The van der Waals surface area contributed by atoms with Gasteiger partial charge in [-0.05, 0) is 37.3 Å². The van der Waals surface area contributed by atoms with E-state index in [0.29, 0.717) is 18.0 Å². The molecular formula is C16H21NO4. The molecule has 0 aromatic heterocycles. The predicted molar refractivity (Wildman–Crippen MR) is 78.3 cm³/mol. The molecule has 0 bridgehead atoms. The van der Waals surface area contributed by atoms with E-state index in [1.165, 1.54) is 6.07 Å². The molecule has 5 heteroatoms. The van der Waals surface area contributed by atoms with Gasteiger partial charge in [-0.3, -0.25) is 4.79 Å². The average molecular weight is 291 g/mol. The Balaban J connectivity index is 1.86. The first-order chi connectivity index (χ1) is 10.1. The highest BCUT2D eigenvalue weighted by Gasteiger charge is 2.20. The number of hydrogen-bond acceptors (Lipinski definition) is 3. The second kappa shape index (κ2) is 7.22. The minimum absolute atomic E-state index is 0.0985. The second-order valence-electron chi connectivity index (χ2n) is 5.51. The first-order valence-corrected chi connectivity index (χ1v) is 7.25. The van der Waals surface area contributed by atoms with Crippen LogP contribution in [-0.2, 0) is 16.0 Å². The van der Waals surface area contributed by atoms with Gasteiger partial charge in [-0.2, -0.15) is 0 Å². The van der Waals surface area contributed by atoms with Crippen LogP contribution >= 0.6 is 0 Å². The zero-order valence-electron chi connectivity index (χ0n) is 12.2. The third-order valence-electron chi connectivity index (χ3n) is 3.78. The van der Waals surface area contributed by atoms with Crippen LogP contribution in [0.3, 0.4) is 0 Å². The molecule has 1 aromatic carbocycles. The lowest BCUT2D eigenvalue weighted by Gasteiger charge is -2.27. The Morgan fingerprint density at radius 2 is 2.14 bits per heavy atom. The van der Waals surface area contributed by atoms with E-state index in [1.807, 2.05) is 6.92 Å². The molecule has 0 radical (unpaired) electrons. The standard InChI is InChI=1S/C16H21NO4/c1-11-8-12(6-7-21-11)10-17-15(18)9-13-4-2-3-5-14(13)16(19)20/h2-5,11-12H,6-10H2,1H3,(H,17,18)(H,19,20). The van der Waals surface area contributed by atoms with Crippen LogP contribution in [0.1, 0.15) is 35.7 Å². The van der Waals surface area contributed by atoms with Gasteiger partial charge in [0.05, 0.1) is 18.1 Å². The van der Waals surface area contributed by atoms with Crippen LogP contribution in [0.2, 0.25) is 0 Å². The van der Waals surface area contributed by atoms with Crippen LogP contribution in [0.25, 0.3) is 0 Å². The lowest BCUT2D eigenvalue weighted by molar-refractivity contribution is -0.120. The third-order valence-corrected chi connectivity index (χ3v) is 3.78. The summed E-state index contributed by atoms with van der Waals surface area (Å²) in [5.41, 5.74) is 0.732. The van der Waals surface area contributed by atoms with Gasteiger partial charge in [0.15, 0.2) is 0 Å². The molecule has 1 amide bonds. The van der Waals surface area contributed by atoms with E-state index in [2.05, 4.69) is 5.32 Å². The van der Waals surface area contributed by atoms with Crippen molar-refractivity contribution < 1.29 is 19.4 Å². The molecule has 0 spiro atoms. The number of ether oxygens (including phenoxy) is 1. The Labute approximate surface area is 124 Å². The van der Waals surface area contributed by atoms with E-state index in [1.54, 1.807) is 18.2 Å². The van der Waals surface area contributed by atoms with Crippen LogP contribution in [0.5, 0.6) is 0 Å². The summed E-state index contributed by atoms with van der Waals surface area (Å²) >= 11 is 0. The van der Waals surface area contributed by atoms with Gasteiger partial charge >= 0.3 is 5.97 Å². The summed E-state index contributed by atoms with van der Waals surface area (Å²) in [5.74, 6) is -0.702. The molecule has 0 aliphatic carbocycles. The number of hydrogen-bond donors (Lipinski definition) is 2. The van der Waals surface area contributed by atoms with Crippen LogP contribution in [0.15, 0.2) is 24.3 Å². The number of benzene rings is 1. The highest BCUT2D eigenvalue weighted by molar-refractivity contribution is 5.91. The predicted octanol–water partition coefficient (Wildman–Crippen LogP) is 1.86. The summed E-state index contributed by atoms with van der Waals surface area (Å²) in [5, 5.41) is 12.0. The van der Waals surface area contributed by atoms with Crippen molar-refractivity contribution in [3.8, 4) is 0 Å². The average Bonchev–Trinajstić information content (AvgIpc) is 2.45. The molecule has 1 saturated heterocycles. The maximum Gasteiger partial charge on any atom is 0.335 e. The Hall–Kier alpha value is -1.88. The van der Waals surface area contributed by atoms with Crippen molar-refractivity contribution >= 4 is 11.9 Å². The Morgan fingerprint density at radius 3 is 2.86 bits per heavy atom. The monoisotopic (exact) mass is 291 g/mol. The lowest BCUT2D eigenvalue weighted by Crippen LogP contribution is -2.35. The molecule has 2 unspecified atom stereocenters. The fraction of sp³-hybridized carbons (Fsp3) is 0.500. The fourth-order valence-corrected chi connectivity index (χ4v) is 2.65.